The number of likely N-dealkylation sites (tertiary alicyclic amines) is 1. The van der Waals surface area contributed by atoms with Gasteiger partial charge in [0.05, 0.1) is 16.8 Å². The third-order valence-electron chi connectivity index (χ3n) is 5.25. The van der Waals surface area contributed by atoms with Crippen LogP contribution in [0, 0.1) is 5.92 Å². The molecule has 1 fully saturated rings. The fraction of sp³-hybridized carbons (Fsp3) is 0.400. The van der Waals surface area contributed by atoms with Crippen LogP contribution in [0.1, 0.15) is 56.5 Å². The average Bonchev–Trinajstić information content (AvgIpc) is 3.20. The van der Waals surface area contributed by atoms with Crippen LogP contribution in [0.3, 0.4) is 0 Å². The Morgan fingerprint density at radius 3 is 2.86 bits per heavy atom. The number of nitrogens with one attached hydrogen (secondary N) is 1. The maximum absolute atomic E-state index is 12.6. The third-order valence-corrected chi connectivity index (χ3v) is 6.06. The van der Waals surface area contributed by atoms with Gasteiger partial charge in [0.1, 0.15) is 0 Å². The first-order valence-electron chi connectivity index (χ1n) is 9.37. The van der Waals surface area contributed by atoms with Gasteiger partial charge in [-0.3, -0.25) is 29.5 Å². The number of fused-ring (bicyclic) bond motifs is 1. The Kier molecular flexibility index (Phi) is 4.99. The summed E-state index contributed by atoms with van der Waals surface area (Å²) in [6.45, 7) is 5.22. The van der Waals surface area contributed by atoms with E-state index >= 15 is 0 Å². The van der Waals surface area contributed by atoms with Gasteiger partial charge in [-0.2, -0.15) is 0 Å². The van der Waals surface area contributed by atoms with E-state index in [1.807, 2.05) is 5.38 Å². The predicted octanol–water partition coefficient (Wildman–Crippen LogP) is 2.85. The normalized spacial score (nSPS) is 19.8. The first kappa shape index (κ1) is 18.8. The Morgan fingerprint density at radius 2 is 2.07 bits per heavy atom. The minimum absolute atomic E-state index is 0.263. The number of piperidine rings is 1. The van der Waals surface area contributed by atoms with Gasteiger partial charge < -0.3 is 0 Å². The molecule has 2 aliphatic rings. The van der Waals surface area contributed by atoms with Crippen molar-refractivity contribution in [2.75, 3.05) is 25.5 Å². The van der Waals surface area contributed by atoms with Gasteiger partial charge in [-0.1, -0.05) is 6.92 Å². The number of hydrogen-bond acceptors (Lipinski definition) is 6. The van der Waals surface area contributed by atoms with Gasteiger partial charge in [-0.15, -0.1) is 11.3 Å². The molecular weight excluding hydrogens is 376 g/mol. The Labute approximate surface area is 167 Å². The molecule has 2 aliphatic heterocycles. The molecule has 28 heavy (non-hydrogen) atoms. The van der Waals surface area contributed by atoms with Crippen LogP contribution in [-0.4, -0.2) is 52.6 Å². The van der Waals surface area contributed by atoms with E-state index in [0.717, 1.165) is 30.2 Å². The molecule has 8 heteroatoms. The van der Waals surface area contributed by atoms with Gasteiger partial charge in [-0.05, 0) is 43.5 Å². The van der Waals surface area contributed by atoms with Crippen molar-refractivity contribution in [2.24, 2.45) is 5.92 Å². The van der Waals surface area contributed by atoms with Crippen LogP contribution < -0.4 is 5.32 Å². The molecule has 1 N–H and O–H groups in total. The molecule has 2 aromatic rings. The standard InChI is InChI=1S/C20H22N4O3S/c1-12-4-3-7-24(9-12)10-14-11-28-20(21-14)22-17(25)13-5-6-15-16(8-13)19(27)23(2)18(15)26/h5-6,8,11-12H,3-4,7,9-10H2,1-2H3,(H,21,22,25). The highest BCUT2D eigenvalue weighted by molar-refractivity contribution is 7.14. The van der Waals surface area contributed by atoms with E-state index in [1.54, 1.807) is 6.07 Å². The van der Waals surface area contributed by atoms with E-state index in [9.17, 15) is 14.4 Å². The number of amides is 3. The van der Waals surface area contributed by atoms with E-state index in [0.29, 0.717) is 22.2 Å². The van der Waals surface area contributed by atoms with Gasteiger partial charge in [0.2, 0.25) is 0 Å². The number of thiazole rings is 1. The lowest BCUT2D eigenvalue weighted by molar-refractivity contribution is 0.0693. The lowest BCUT2D eigenvalue weighted by atomic mass is 10.0. The number of aromatic nitrogens is 1. The fourth-order valence-electron chi connectivity index (χ4n) is 3.77. The van der Waals surface area contributed by atoms with Crippen molar-refractivity contribution in [3.05, 3.63) is 46.0 Å². The second-order valence-electron chi connectivity index (χ2n) is 7.51. The van der Waals surface area contributed by atoms with Gasteiger partial charge >= 0.3 is 0 Å². The summed E-state index contributed by atoms with van der Waals surface area (Å²) in [5.41, 5.74) is 1.87. The minimum atomic E-state index is -0.387. The van der Waals surface area contributed by atoms with Crippen LogP contribution in [0.15, 0.2) is 23.6 Å². The monoisotopic (exact) mass is 398 g/mol. The molecule has 1 saturated heterocycles. The SMILES string of the molecule is CC1CCCN(Cc2csc(NC(=O)c3ccc4c(c3)C(=O)N(C)C4=O)n2)C1. The zero-order valence-electron chi connectivity index (χ0n) is 15.9. The smallest absolute Gasteiger partial charge is 0.261 e. The molecule has 0 radical (unpaired) electrons. The highest BCUT2D eigenvalue weighted by Crippen LogP contribution is 2.24. The first-order valence-corrected chi connectivity index (χ1v) is 10.2. The van der Waals surface area contributed by atoms with Crippen molar-refractivity contribution >= 4 is 34.2 Å². The van der Waals surface area contributed by atoms with Gasteiger partial charge in [0, 0.05) is 31.1 Å². The summed E-state index contributed by atoms with van der Waals surface area (Å²) in [6.07, 6.45) is 2.49. The number of carbonyl (C=O) groups excluding carboxylic acids is 3. The topological polar surface area (TPSA) is 82.6 Å². The quantitative estimate of drug-likeness (QED) is 0.801. The molecule has 146 valence electrons. The predicted molar refractivity (Wildman–Crippen MR) is 107 cm³/mol. The Morgan fingerprint density at radius 1 is 1.29 bits per heavy atom. The van der Waals surface area contributed by atoms with Crippen LogP contribution in [0.5, 0.6) is 0 Å². The summed E-state index contributed by atoms with van der Waals surface area (Å²) < 4.78 is 0. The van der Waals surface area contributed by atoms with Crippen LogP contribution in [0.25, 0.3) is 0 Å². The first-order chi connectivity index (χ1) is 13.4. The lowest BCUT2D eigenvalue weighted by Crippen LogP contribution is -2.33. The van der Waals surface area contributed by atoms with Crippen molar-refractivity contribution in [2.45, 2.75) is 26.3 Å². The number of nitrogens with zero attached hydrogens (tertiary/aromatic N) is 3. The molecule has 1 aromatic carbocycles. The summed E-state index contributed by atoms with van der Waals surface area (Å²) >= 11 is 1.39. The molecule has 1 atom stereocenters. The summed E-state index contributed by atoms with van der Waals surface area (Å²) in [5, 5.41) is 5.29. The Bertz CT molecular complexity index is 955. The van der Waals surface area contributed by atoms with Gasteiger partial charge in [0.25, 0.3) is 17.7 Å². The molecule has 0 bridgehead atoms. The second-order valence-corrected chi connectivity index (χ2v) is 8.37. The molecule has 3 amide bonds. The van der Waals surface area contributed by atoms with Crippen molar-refractivity contribution in [3.8, 4) is 0 Å². The van der Waals surface area contributed by atoms with Crippen molar-refractivity contribution in [3.63, 3.8) is 0 Å². The highest BCUT2D eigenvalue weighted by atomic mass is 32.1. The Hall–Kier alpha value is -2.58. The molecule has 7 nitrogen and oxygen atoms in total. The van der Waals surface area contributed by atoms with E-state index in [4.69, 9.17) is 0 Å². The summed E-state index contributed by atoms with van der Waals surface area (Å²) in [4.78, 5) is 44.6. The van der Waals surface area contributed by atoms with E-state index in [1.165, 1.54) is 43.4 Å². The van der Waals surface area contributed by atoms with Crippen molar-refractivity contribution in [1.29, 1.82) is 0 Å². The minimum Gasteiger partial charge on any atom is -0.298 e. The van der Waals surface area contributed by atoms with Gasteiger partial charge in [0.15, 0.2) is 5.13 Å². The third kappa shape index (κ3) is 3.57. The number of imide groups is 1. The number of hydrogen-bond donors (Lipinski definition) is 1. The molecule has 0 aliphatic carbocycles. The number of carbonyl (C=O) groups is 3. The van der Waals surface area contributed by atoms with Crippen LogP contribution in [-0.2, 0) is 6.54 Å². The summed E-state index contributed by atoms with van der Waals surface area (Å²) in [6, 6.07) is 4.55. The maximum Gasteiger partial charge on any atom is 0.261 e. The molecule has 0 saturated carbocycles. The molecular formula is C20H22N4O3S. The van der Waals surface area contributed by atoms with Crippen molar-refractivity contribution < 1.29 is 14.4 Å². The van der Waals surface area contributed by atoms with Gasteiger partial charge in [-0.25, -0.2) is 4.98 Å². The number of anilines is 1. The highest BCUT2D eigenvalue weighted by Gasteiger charge is 2.33. The van der Waals surface area contributed by atoms with E-state index in [2.05, 4.69) is 22.1 Å². The fourth-order valence-corrected chi connectivity index (χ4v) is 4.46. The zero-order valence-corrected chi connectivity index (χ0v) is 16.7. The Balaban J connectivity index is 1.43. The second kappa shape index (κ2) is 7.44. The molecule has 0 spiro atoms. The van der Waals surface area contributed by atoms with E-state index < -0.39 is 0 Å². The van der Waals surface area contributed by atoms with Crippen molar-refractivity contribution in [1.82, 2.24) is 14.8 Å². The maximum atomic E-state index is 12.6. The number of rotatable bonds is 4. The summed E-state index contributed by atoms with van der Waals surface area (Å²) in [7, 11) is 1.44. The van der Waals surface area contributed by atoms with E-state index in [-0.39, 0.29) is 23.3 Å². The molecule has 3 heterocycles. The average molecular weight is 398 g/mol. The lowest BCUT2D eigenvalue weighted by Gasteiger charge is -2.30. The van der Waals surface area contributed by atoms with Crippen LogP contribution in [0.4, 0.5) is 5.13 Å². The zero-order chi connectivity index (χ0) is 19.8. The molecule has 1 aromatic heterocycles. The molecule has 1 unspecified atom stereocenters. The largest absolute Gasteiger partial charge is 0.298 e. The summed E-state index contributed by atoms with van der Waals surface area (Å²) in [5.74, 6) is -0.365. The molecule has 4 rings (SSSR count). The van der Waals surface area contributed by atoms with Crippen LogP contribution >= 0.6 is 11.3 Å². The number of benzene rings is 1. The van der Waals surface area contributed by atoms with Crippen LogP contribution in [0.2, 0.25) is 0 Å².